The molecule has 2 unspecified atom stereocenters. The molecule has 0 aliphatic carbocycles. The highest BCUT2D eigenvalue weighted by Gasteiger charge is 2.37. The highest BCUT2D eigenvalue weighted by atomic mass is 16.5. The Bertz CT molecular complexity index is 380. The second-order valence-electron chi connectivity index (χ2n) is 4.29. The van der Waals surface area contributed by atoms with Crippen LogP contribution in [0.1, 0.15) is 24.4 Å². The fourth-order valence-electron chi connectivity index (χ4n) is 2.43. The van der Waals surface area contributed by atoms with Crippen molar-refractivity contribution < 1.29 is 14.7 Å². The number of piperidine rings is 1. The first-order chi connectivity index (χ1) is 8.24. The quantitative estimate of drug-likeness (QED) is 0.796. The van der Waals surface area contributed by atoms with E-state index in [9.17, 15) is 10.0 Å². The highest BCUT2D eigenvalue weighted by Crippen LogP contribution is 2.35. The van der Waals surface area contributed by atoms with Gasteiger partial charge in [-0.1, -0.05) is 30.3 Å². The summed E-state index contributed by atoms with van der Waals surface area (Å²) in [4.78, 5) is 11.7. The Hall–Kier alpha value is -1.39. The predicted molar refractivity (Wildman–Crippen MR) is 62.4 cm³/mol. The SMILES string of the molecule is COC(=O)C1CCCN(O)C1c1ccccc1. The Morgan fingerprint density at radius 1 is 1.41 bits per heavy atom. The number of methoxy groups -OCH3 is 1. The lowest BCUT2D eigenvalue weighted by Gasteiger charge is -2.36. The maximum Gasteiger partial charge on any atom is 0.310 e. The Labute approximate surface area is 101 Å². The smallest absolute Gasteiger partial charge is 0.310 e. The van der Waals surface area contributed by atoms with Gasteiger partial charge >= 0.3 is 5.97 Å². The summed E-state index contributed by atoms with van der Waals surface area (Å²) in [7, 11) is 1.39. The number of nitrogens with zero attached hydrogens (tertiary/aromatic N) is 1. The molecule has 0 amide bonds. The molecule has 1 aliphatic rings. The molecule has 4 nitrogen and oxygen atoms in total. The Kier molecular flexibility index (Phi) is 3.76. The van der Waals surface area contributed by atoms with E-state index in [1.54, 1.807) is 0 Å². The van der Waals surface area contributed by atoms with E-state index in [2.05, 4.69) is 0 Å². The van der Waals surface area contributed by atoms with Crippen molar-refractivity contribution in [3.8, 4) is 0 Å². The van der Waals surface area contributed by atoms with Crippen LogP contribution in [-0.2, 0) is 9.53 Å². The maximum absolute atomic E-state index is 11.7. The topological polar surface area (TPSA) is 49.8 Å². The number of carbonyl (C=O) groups is 1. The lowest BCUT2D eigenvalue weighted by Crippen LogP contribution is -2.40. The average molecular weight is 235 g/mol. The Morgan fingerprint density at radius 3 is 2.76 bits per heavy atom. The summed E-state index contributed by atoms with van der Waals surface area (Å²) in [6.07, 6.45) is 1.56. The van der Waals surface area contributed by atoms with Gasteiger partial charge in [0.2, 0.25) is 0 Å². The zero-order valence-electron chi connectivity index (χ0n) is 9.87. The van der Waals surface area contributed by atoms with Crippen molar-refractivity contribution in [1.82, 2.24) is 5.06 Å². The third-order valence-corrected chi connectivity index (χ3v) is 3.25. The van der Waals surface area contributed by atoms with Gasteiger partial charge in [-0.15, -0.1) is 0 Å². The number of ether oxygens (including phenoxy) is 1. The molecule has 2 atom stereocenters. The van der Waals surface area contributed by atoms with E-state index in [-0.39, 0.29) is 17.9 Å². The highest BCUT2D eigenvalue weighted by molar-refractivity contribution is 5.73. The molecule has 1 heterocycles. The minimum Gasteiger partial charge on any atom is -0.469 e. The van der Waals surface area contributed by atoms with Crippen LogP contribution < -0.4 is 0 Å². The van der Waals surface area contributed by atoms with E-state index >= 15 is 0 Å². The molecular formula is C13H17NO3. The summed E-state index contributed by atoms with van der Waals surface area (Å²) in [6, 6.07) is 9.29. The Morgan fingerprint density at radius 2 is 2.12 bits per heavy atom. The molecule has 1 saturated heterocycles. The van der Waals surface area contributed by atoms with Crippen LogP contribution in [0.3, 0.4) is 0 Å². The number of hydrogen-bond donors (Lipinski definition) is 1. The van der Waals surface area contributed by atoms with Gasteiger partial charge in [-0.3, -0.25) is 4.79 Å². The fraction of sp³-hybridized carbons (Fsp3) is 0.462. The average Bonchev–Trinajstić information content (AvgIpc) is 2.38. The molecule has 2 rings (SSSR count). The molecule has 0 radical (unpaired) electrons. The normalized spacial score (nSPS) is 25.5. The molecule has 0 aromatic heterocycles. The minimum atomic E-state index is -0.294. The van der Waals surface area contributed by atoms with Gasteiger partial charge in [0.05, 0.1) is 19.1 Å². The van der Waals surface area contributed by atoms with Crippen molar-refractivity contribution >= 4 is 5.97 Å². The Balaban J connectivity index is 2.28. The van der Waals surface area contributed by atoms with Gasteiger partial charge < -0.3 is 9.94 Å². The van der Waals surface area contributed by atoms with E-state index in [1.807, 2.05) is 30.3 Å². The second kappa shape index (κ2) is 5.29. The van der Waals surface area contributed by atoms with Crippen molar-refractivity contribution in [3.63, 3.8) is 0 Å². The monoisotopic (exact) mass is 235 g/mol. The van der Waals surface area contributed by atoms with Crippen molar-refractivity contribution in [1.29, 1.82) is 0 Å². The lowest BCUT2D eigenvalue weighted by molar-refractivity contribution is -0.180. The first kappa shape index (κ1) is 12.1. The van der Waals surface area contributed by atoms with Crippen molar-refractivity contribution in [2.75, 3.05) is 13.7 Å². The largest absolute Gasteiger partial charge is 0.469 e. The van der Waals surface area contributed by atoms with Crippen LogP contribution in [0.25, 0.3) is 0 Å². The summed E-state index contributed by atoms with van der Waals surface area (Å²) < 4.78 is 4.81. The molecular weight excluding hydrogens is 218 g/mol. The van der Waals surface area contributed by atoms with E-state index < -0.39 is 0 Å². The molecule has 0 spiro atoms. The van der Waals surface area contributed by atoms with E-state index in [1.165, 1.54) is 12.2 Å². The summed E-state index contributed by atoms with van der Waals surface area (Å²) in [5.74, 6) is -0.543. The van der Waals surface area contributed by atoms with Gasteiger partial charge in [-0.05, 0) is 18.4 Å². The van der Waals surface area contributed by atoms with Gasteiger partial charge in [0.1, 0.15) is 0 Å². The van der Waals surface area contributed by atoms with Gasteiger partial charge in [0.15, 0.2) is 0 Å². The van der Waals surface area contributed by atoms with Crippen LogP contribution >= 0.6 is 0 Å². The van der Waals surface area contributed by atoms with Gasteiger partial charge in [-0.25, -0.2) is 0 Å². The lowest BCUT2D eigenvalue weighted by atomic mass is 9.86. The fourth-order valence-corrected chi connectivity index (χ4v) is 2.43. The van der Waals surface area contributed by atoms with Crippen LogP contribution in [0.4, 0.5) is 0 Å². The number of carbonyl (C=O) groups excluding carboxylic acids is 1. The van der Waals surface area contributed by atoms with E-state index in [0.29, 0.717) is 6.54 Å². The zero-order chi connectivity index (χ0) is 12.3. The molecule has 1 N–H and O–H groups in total. The molecule has 1 aliphatic heterocycles. The maximum atomic E-state index is 11.7. The van der Waals surface area contributed by atoms with E-state index in [4.69, 9.17) is 4.74 Å². The summed E-state index contributed by atoms with van der Waals surface area (Å²) >= 11 is 0. The number of rotatable bonds is 2. The third-order valence-electron chi connectivity index (χ3n) is 3.25. The molecule has 4 heteroatoms. The van der Waals surface area contributed by atoms with Crippen molar-refractivity contribution in [2.24, 2.45) is 5.92 Å². The molecule has 1 aromatic rings. The van der Waals surface area contributed by atoms with Crippen LogP contribution in [0, 0.1) is 5.92 Å². The van der Waals surface area contributed by atoms with E-state index in [0.717, 1.165) is 18.4 Å². The summed E-state index contributed by atoms with van der Waals surface area (Å²) in [6.45, 7) is 0.590. The van der Waals surface area contributed by atoms with Crippen LogP contribution in [0.5, 0.6) is 0 Å². The van der Waals surface area contributed by atoms with Crippen molar-refractivity contribution in [3.05, 3.63) is 35.9 Å². The molecule has 17 heavy (non-hydrogen) atoms. The number of esters is 1. The van der Waals surface area contributed by atoms with Crippen LogP contribution in [-0.4, -0.2) is 29.9 Å². The number of hydroxylamine groups is 2. The molecule has 1 aromatic carbocycles. The molecule has 0 bridgehead atoms. The molecule has 1 fully saturated rings. The van der Waals surface area contributed by atoms with Gasteiger partial charge in [0.25, 0.3) is 0 Å². The van der Waals surface area contributed by atoms with Gasteiger partial charge in [0, 0.05) is 6.54 Å². The zero-order valence-corrected chi connectivity index (χ0v) is 9.87. The number of benzene rings is 1. The first-order valence-electron chi connectivity index (χ1n) is 5.82. The second-order valence-corrected chi connectivity index (χ2v) is 4.29. The summed E-state index contributed by atoms with van der Waals surface area (Å²) in [5.41, 5.74) is 0.949. The predicted octanol–water partition coefficient (Wildman–Crippen LogP) is 2.00. The minimum absolute atomic E-state index is 0.252. The summed E-state index contributed by atoms with van der Waals surface area (Å²) in [5, 5.41) is 11.2. The van der Waals surface area contributed by atoms with Crippen LogP contribution in [0.2, 0.25) is 0 Å². The number of hydrogen-bond acceptors (Lipinski definition) is 4. The third kappa shape index (κ3) is 2.48. The molecule has 92 valence electrons. The van der Waals surface area contributed by atoms with Crippen LogP contribution in [0.15, 0.2) is 30.3 Å². The standard InChI is InChI=1S/C13H17NO3/c1-17-13(15)11-8-5-9-14(16)12(11)10-6-3-2-4-7-10/h2-4,6-7,11-12,16H,5,8-9H2,1H3. The first-order valence-corrected chi connectivity index (χ1v) is 5.82. The molecule has 0 saturated carbocycles. The van der Waals surface area contributed by atoms with Gasteiger partial charge in [-0.2, -0.15) is 5.06 Å². The van der Waals surface area contributed by atoms with Crippen molar-refractivity contribution in [2.45, 2.75) is 18.9 Å².